The van der Waals surface area contributed by atoms with Crippen LogP contribution >= 0.6 is 0 Å². The molecule has 0 aliphatic carbocycles. The maximum absolute atomic E-state index is 7.78. The molecule has 512 valence electrons. The molecule has 16 rings (SSSR count). The van der Waals surface area contributed by atoms with E-state index in [1.165, 1.54) is 0 Å². The van der Waals surface area contributed by atoms with Gasteiger partial charge < -0.3 is 17.7 Å². The van der Waals surface area contributed by atoms with Crippen molar-refractivity contribution in [3.05, 3.63) is 281 Å². The Morgan fingerprint density at radius 3 is 1.11 bits per heavy atom. The van der Waals surface area contributed by atoms with Crippen LogP contribution in [-0.4, -0.2) is 0 Å². The minimum atomic E-state index is -2.16. The van der Waals surface area contributed by atoms with Crippen LogP contribution in [0.15, 0.2) is 163 Å². The van der Waals surface area contributed by atoms with E-state index in [1.54, 1.807) is 36.4 Å². The molecule has 8 aromatic carbocycles. The Labute approximate surface area is 624 Å². The molecular formula is C92H84N8O4+4. The van der Waals surface area contributed by atoms with E-state index in [9.17, 15) is 0 Å². The third-order valence-electron chi connectivity index (χ3n) is 20.7. The average molecular weight is 1380 g/mol. The molecule has 104 heavy (non-hydrogen) atoms. The molecule has 0 radical (unpaired) electrons. The highest BCUT2D eigenvalue weighted by molar-refractivity contribution is 6.17. The zero-order valence-electron chi connectivity index (χ0n) is 73.1. The number of rotatable bonds is 4. The lowest BCUT2D eigenvalue weighted by Crippen LogP contribution is -2.35. The Balaban J connectivity index is 0.000000135. The van der Waals surface area contributed by atoms with Crippen LogP contribution in [-0.2, 0) is 28.2 Å². The summed E-state index contributed by atoms with van der Waals surface area (Å²) >= 11 is 0. The van der Waals surface area contributed by atoms with Gasteiger partial charge in [-0.1, -0.05) is 96.6 Å². The maximum atomic E-state index is 7.78. The lowest BCUT2D eigenvalue weighted by atomic mass is 9.96. The first-order valence-corrected chi connectivity index (χ1v) is 33.9. The second kappa shape index (κ2) is 27.1. The van der Waals surface area contributed by atoms with Crippen LogP contribution in [0, 0.1) is 137 Å². The van der Waals surface area contributed by atoms with Crippen molar-refractivity contribution in [1.29, 1.82) is 0 Å². The number of hydrogen-bond donors (Lipinski definition) is 0. The Morgan fingerprint density at radius 1 is 0.279 bits per heavy atom. The molecule has 0 atom stereocenters. The molecule has 0 unspecified atom stereocenters. The highest BCUT2D eigenvalue weighted by Crippen LogP contribution is 2.47. The second-order valence-corrected chi connectivity index (χ2v) is 27.0. The summed E-state index contributed by atoms with van der Waals surface area (Å²) in [5.41, 5.74) is 26.6. The molecule has 0 fully saturated rings. The maximum Gasteiger partial charge on any atom is 0.232 e. The summed E-state index contributed by atoms with van der Waals surface area (Å²) in [4.78, 5) is 14.5. The molecule has 16 aromatic rings. The number of fused-ring (bicyclic) bond motifs is 12. The molecule has 0 saturated heterocycles. The average Bonchev–Trinajstić information content (AvgIpc) is 1.57. The summed E-state index contributed by atoms with van der Waals surface area (Å²) < 4.78 is 126. The van der Waals surface area contributed by atoms with E-state index in [2.05, 4.69) is 25.4 Å². The van der Waals surface area contributed by atoms with Gasteiger partial charge in [-0.2, -0.15) is 18.3 Å². The number of aryl methyl sites for hydroxylation is 12. The van der Waals surface area contributed by atoms with Crippen molar-refractivity contribution in [1.82, 2.24) is 0 Å². The molecule has 12 heteroatoms. The van der Waals surface area contributed by atoms with Crippen LogP contribution in [0.1, 0.15) is 106 Å². The van der Waals surface area contributed by atoms with E-state index in [0.29, 0.717) is 101 Å². The number of benzene rings is 8. The Kier molecular flexibility index (Phi) is 14.7. The van der Waals surface area contributed by atoms with Gasteiger partial charge in [0.15, 0.2) is 22.8 Å². The number of aromatic nitrogens is 4. The van der Waals surface area contributed by atoms with E-state index in [-0.39, 0.29) is 0 Å². The first-order valence-electron chi connectivity index (χ1n) is 39.9. The van der Waals surface area contributed by atoms with E-state index in [0.717, 1.165) is 144 Å². The van der Waals surface area contributed by atoms with Crippen molar-refractivity contribution in [2.45, 2.75) is 110 Å². The minimum Gasteiger partial charge on any atom is -0.466 e. The fourth-order valence-corrected chi connectivity index (χ4v) is 14.5. The summed E-state index contributed by atoms with van der Waals surface area (Å²) in [6.45, 7) is 44.6. The zero-order valence-corrected chi connectivity index (χ0v) is 61.1. The van der Waals surface area contributed by atoms with Gasteiger partial charge in [-0.25, -0.2) is 19.4 Å². The molecule has 0 N–H and O–H groups in total. The molecule has 0 amide bonds. The van der Waals surface area contributed by atoms with Gasteiger partial charge in [0.1, 0.15) is 72.9 Å². The number of nitrogens with zero attached hydrogens (tertiary/aromatic N) is 8. The standard InChI is InChI=1S/4C23H21N2O/c1-13-9-12-19(25(6)16(13)4)21-15(3)7-10-17-20-14(2)8-11-18(24-5)23(20)26-22(17)21;1-13-9-12-19(25(6)16(13)4)20-14(2)7-10-17-18-11-8-15(3)21(24-5)23(18)26-22(17)20;1-13-11-18-17-9-7-15(3)21(20-10-8-14(2)16(4)25(20)6)23(17)26-22(18)19(12-13)24-5;1-13-10-11-19(25(6)16(13)4)21-15(3)12-14(2)20-17-8-7-9-18(24-5)22(17)26-23(20)21/h4*7-12H,1-4,6H3/q4*+1/i2*1D3;2D3;1D3. The van der Waals surface area contributed by atoms with E-state index in [1.807, 2.05) is 233 Å². The van der Waals surface area contributed by atoms with Gasteiger partial charge in [-0.3, -0.25) is 0 Å². The molecule has 0 aliphatic rings. The minimum absolute atomic E-state index is 0.337. The van der Waals surface area contributed by atoms with Gasteiger partial charge in [0.25, 0.3) is 0 Å². The van der Waals surface area contributed by atoms with Crippen LogP contribution in [0.4, 0.5) is 22.7 Å². The SMILES string of the molecule is [2H]C([2H])([2H])c1ccc(-c2c(C)cc(C)c3c2oc2c([N+]#[C-])cccc23)[n+](C)c1C.[2H]C([2H])([2H])c1ccc(-c2c(C)ccc3c2oc2c([N+]#[C-])c(C)ccc23)[n+](C)c1C.[2H]C([2H])([2H])c1ccc(-c2c(C)ccc3c2oc2c([N+]#[C-])cc(C)cc23)[n+](C)c1C.[2H]C([2H])([2H])c1ccc(-c2c(C)ccc3c2oc2c([N+]#[C-])ccc(C)c23)[n+](C)c1C. The van der Waals surface area contributed by atoms with Crippen LogP contribution in [0.5, 0.6) is 0 Å². The first-order chi connectivity index (χ1) is 54.6. The van der Waals surface area contributed by atoms with Gasteiger partial charge in [-0.15, -0.1) is 0 Å². The Bertz CT molecular complexity index is 6950. The van der Waals surface area contributed by atoms with Crippen molar-refractivity contribution < 1.29 is 52.4 Å². The van der Waals surface area contributed by atoms with Crippen molar-refractivity contribution in [2.75, 3.05) is 0 Å². The molecule has 0 bridgehead atoms. The van der Waals surface area contributed by atoms with Crippen LogP contribution < -0.4 is 18.3 Å². The number of furan rings is 4. The van der Waals surface area contributed by atoms with Crippen LogP contribution in [0.3, 0.4) is 0 Å². The lowest BCUT2D eigenvalue weighted by molar-refractivity contribution is -0.667. The van der Waals surface area contributed by atoms with Crippen molar-refractivity contribution in [3.63, 3.8) is 0 Å². The quantitative estimate of drug-likeness (QED) is 0.130. The fraction of sp³-hybridized carbons (Fsp3) is 0.217. The Hall–Kier alpha value is -12.5. The smallest absolute Gasteiger partial charge is 0.232 e. The third-order valence-corrected chi connectivity index (χ3v) is 20.7. The predicted octanol–water partition coefficient (Wildman–Crippen LogP) is 23.4. The van der Waals surface area contributed by atoms with Gasteiger partial charge >= 0.3 is 0 Å². The molecule has 12 nitrogen and oxygen atoms in total. The lowest BCUT2D eigenvalue weighted by Gasteiger charge is -2.10. The second-order valence-electron chi connectivity index (χ2n) is 27.0. The van der Waals surface area contributed by atoms with Gasteiger partial charge in [0, 0.05) is 134 Å². The normalized spacial score (nSPS) is 13.4. The number of para-hydroxylation sites is 1. The van der Waals surface area contributed by atoms with E-state index in [4.69, 9.17) is 60.4 Å². The summed E-state index contributed by atoms with van der Waals surface area (Å²) in [6.07, 6.45) is 0. The van der Waals surface area contributed by atoms with Gasteiger partial charge in [0.2, 0.25) is 45.5 Å². The summed E-state index contributed by atoms with van der Waals surface area (Å²) in [6, 6.07) is 45.5. The highest BCUT2D eigenvalue weighted by Gasteiger charge is 2.29. The molecular weight excluding hydrogens is 1280 g/mol. The fourth-order valence-electron chi connectivity index (χ4n) is 14.5. The molecule has 0 spiro atoms. The van der Waals surface area contributed by atoms with Crippen LogP contribution in [0.2, 0.25) is 0 Å². The monoisotopic (exact) mass is 1380 g/mol. The van der Waals surface area contributed by atoms with Crippen LogP contribution in [0.25, 0.3) is 152 Å². The highest BCUT2D eigenvalue weighted by atomic mass is 16.3. The topological polar surface area (TPSA) is 85.5 Å². The summed E-state index contributed by atoms with van der Waals surface area (Å²) in [5.74, 6) is 0. The van der Waals surface area contributed by atoms with Gasteiger partial charge in [0.05, 0.1) is 48.5 Å². The first kappa shape index (κ1) is 56.2. The number of hydrogen-bond acceptors (Lipinski definition) is 4. The number of pyridine rings is 4. The largest absolute Gasteiger partial charge is 0.466 e. The van der Waals surface area contributed by atoms with Gasteiger partial charge in [-0.05, 0) is 152 Å². The Morgan fingerprint density at radius 2 is 0.635 bits per heavy atom. The van der Waals surface area contributed by atoms with E-state index < -0.39 is 27.4 Å². The molecule has 8 aromatic heterocycles. The molecule has 0 aliphatic heterocycles. The van der Waals surface area contributed by atoms with Crippen molar-refractivity contribution in [3.8, 4) is 45.0 Å². The zero-order chi connectivity index (χ0) is 84.3. The molecule has 8 heterocycles. The molecule has 0 saturated carbocycles. The third kappa shape index (κ3) is 11.5. The van der Waals surface area contributed by atoms with Crippen molar-refractivity contribution in [2.24, 2.45) is 28.2 Å². The predicted molar refractivity (Wildman–Crippen MR) is 422 cm³/mol. The summed E-state index contributed by atoms with van der Waals surface area (Å²) in [5, 5.41) is 7.56. The van der Waals surface area contributed by atoms with Crippen molar-refractivity contribution >= 4 is 111 Å². The van der Waals surface area contributed by atoms with E-state index >= 15 is 0 Å². The summed E-state index contributed by atoms with van der Waals surface area (Å²) in [7, 11) is 7.49.